The fourth-order valence-electron chi connectivity index (χ4n) is 4.26. The maximum atomic E-state index is 10.8. The average Bonchev–Trinajstić information content (AvgIpc) is 2.92. The van der Waals surface area contributed by atoms with Crippen molar-refractivity contribution in [3.05, 3.63) is 95.3 Å². The predicted molar refractivity (Wildman–Crippen MR) is 152 cm³/mol. The topological polar surface area (TPSA) is 84.9 Å². The molecule has 0 aliphatic heterocycles. The first kappa shape index (κ1) is 31.2. The number of unbranched alkanes of at least 4 members (excludes halogenated alkanes) is 9. The zero-order chi connectivity index (χ0) is 27.6. The Kier molecular flexibility index (Phi) is 14.4. The molecule has 3 aromatic rings. The summed E-state index contributed by atoms with van der Waals surface area (Å²) in [4.78, 5) is -0.140. The highest BCUT2D eigenvalue weighted by atomic mass is 32.2. The van der Waals surface area contributed by atoms with Crippen LogP contribution in [0.1, 0.15) is 93.4 Å². The van der Waals surface area contributed by atoms with Crippen LogP contribution in [0.3, 0.4) is 0 Å². The fourth-order valence-corrected chi connectivity index (χ4v) is 4.73. The molecule has 0 atom stereocenters. The molecule has 0 spiro atoms. The predicted octanol–water partition coefficient (Wildman–Crippen LogP) is 7.26. The van der Waals surface area contributed by atoms with Crippen molar-refractivity contribution in [2.45, 2.75) is 95.9 Å². The molecule has 0 aliphatic carbocycles. The maximum Gasteiger partial charge on any atom is 0.174 e. The Balaban J connectivity index is 0.000000279. The van der Waals surface area contributed by atoms with Gasteiger partial charge in [0.15, 0.2) is 18.9 Å². The van der Waals surface area contributed by atoms with Crippen LogP contribution in [0.25, 0.3) is 0 Å². The molecule has 38 heavy (non-hydrogen) atoms. The molecular formula is C32H42N2O3S. The lowest BCUT2D eigenvalue weighted by Crippen LogP contribution is -2.33. The van der Waals surface area contributed by atoms with Crippen molar-refractivity contribution in [3.8, 4) is 6.07 Å². The van der Waals surface area contributed by atoms with Gasteiger partial charge in [-0.1, -0.05) is 101 Å². The summed E-state index contributed by atoms with van der Waals surface area (Å²) in [6, 6.07) is 20.4. The molecule has 0 aliphatic rings. The van der Waals surface area contributed by atoms with E-state index in [2.05, 4.69) is 36.6 Å². The van der Waals surface area contributed by atoms with Crippen molar-refractivity contribution < 1.29 is 17.5 Å². The van der Waals surface area contributed by atoms with Crippen molar-refractivity contribution >= 4 is 10.1 Å². The molecule has 0 fully saturated rings. The van der Waals surface area contributed by atoms with Gasteiger partial charge < -0.3 is 4.55 Å². The van der Waals surface area contributed by atoms with Gasteiger partial charge in [0.1, 0.15) is 10.1 Å². The zero-order valence-corrected chi connectivity index (χ0v) is 23.8. The van der Waals surface area contributed by atoms with E-state index in [4.69, 9.17) is 5.26 Å². The molecular weight excluding hydrogens is 492 g/mol. The summed E-state index contributed by atoms with van der Waals surface area (Å²) in [7, 11) is -4.31. The van der Waals surface area contributed by atoms with Crippen LogP contribution in [0.4, 0.5) is 0 Å². The minimum atomic E-state index is -4.31. The van der Waals surface area contributed by atoms with Gasteiger partial charge in [-0.3, -0.25) is 0 Å². The first-order valence-corrected chi connectivity index (χ1v) is 15.2. The summed E-state index contributed by atoms with van der Waals surface area (Å²) in [5.74, 6) is 0. The average molecular weight is 535 g/mol. The van der Waals surface area contributed by atoms with Crippen molar-refractivity contribution in [1.82, 2.24) is 0 Å². The van der Waals surface area contributed by atoms with Crippen molar-refractivity contribution in [3.63, 3.8) is 0 Å². The number of rotatable bonds is 14. The van der Waals surface area contributed by atoms with Gasteiger partial charge in [-0.2, -0.15) is 5.26 Å². The van der Waals surface area contributed by atoms with Crippen LogP contribution >= 0.6 is 0 Å². The third-order valence-corrected chi connectivity index (χ3v) is 7.51. The second kappa shape index (κ2) is 17.5. The van der Waals surface area contributed by atoms with Crippen LogP contribution in [0, 0.1) is 18.3 Å². The van der Waals surface area contributed by atoms with Gasteiger partial charge in [0.2, 0.25) is 0 Å². The van der Waals surface area contributed by atoms with Crippen molar-refractivity contribution in [2.24, 2.45) is 0 Å². The van der Waals surface area contributed by atoms with E-state index in [1.54, 1.807) is 12.1 Å². The summed E-state index contributed by atoms with van der Waals surface area (Å²) in [5.41, 5.74) is 4.39. The first-order valence-electron chi connectivity index (χ1n) is 13.8. The van der Waals surface area contributed by atoms with E-state index in [1.807, 2.05) is 36.7 Å². The van der Waals surface area contributed by atoms with Crippen molar-refractivity contribution in [1.29, 1.82) is 5.26 Å². The molecule has 204 valence electrons. The van der Waals surface area contributed by atoms with Gasteiger partial charge in [0.25, 0.3) is 0 Å². The highest BCUT2D eigenvalue weighted by molar-refractivity contribution is 7.85. The van der Waals surface area contributed by atoms with E-state index in [0.717, 1.165) is 24.9 Å². The summed E-state index contributed by atoms with van der Waals surface area (Å²) < 4.78 is 34.6. The van der Waals surface area contributed by atoms with Crippen LogP contribution in [0.2, 0.25) is 0 Å². The van der Waals surface area contributed by atoms with E-state index in [-0.39, 0.29) is 4.90 Å². The molecule has 1 aromatic heterocycles. The molecule has 1 heterocycles. The third kappa shape index (κ3) is 12.5. The van der Waals surface area contributed by atoms with E-state index >= 15 is 0 Å². The van der Waals surface area contributed by atoms with Crippen LogP contribution in [0.15, 0.2) is 78.0 Å². The first-order chi connectivity index (χ1) is 18.3. The van der Waals surface area contributed by atoms with Gasteiger partial charge in [0.05, 0.1) is 16.5 Å². The Bertz CT molecular complexity index is 1210. The fraction of sp³-hybridized carbons (Fsp3) is 0.438. The molecule has 0 saturated carbocycles. The quantitative estimate of drug-likeness (QED) is 0.124. The van der Waals surface area contributed by atoms with Crippen LogP contribution in [-0.4, -0.2) is 13.0 Å². The van der Waals surface area contributed by atoms with Gasteiger partial charge in [0, 0.05) is 17.7 Å². The number of benzene rings is 2. The van der Waals surface area contributed by atoms with Crippen LogP contribution in [0.5, 0.6) is 0 Å². The van der Waals surface area contributed by atoms with E-state index < -0.39 is 10.1 Å². The maximum absolute atomic E-state index is 10.8. The highest BCUT2D eigenvalue weighted by Gasteiger charge is 2.05. The molecule has 0 bridgehead atoms. The third-order valence-electron chi connectivity index (χ3n) is 6.67. The molecule has 0 unspecified atom stereocenters. The minimum absolute atomic E-state index is 0.140. The van der Waals surface area contributed by atoms with Crippen LogP contribution in [-0.2, 0) is 23.1 Å². The Morgan fingerprint density at radius 2 is 1.34 bits per heavy atom. The number of hydrogen-bond donors (Lipinski definition) is 0. The number of nitrogens with zero attached hydrogens (tertiary/aromatic N) is 2. The Labute approximate surface area is 229 Å². The lowest BCUT2D eigenvalue weighted by atomic mass is 10.0. The number of pyridine rings is 1. The second-order valence-corrected chi connectivity index (χ2v) is 11.2. The largest absolute Gasteiger partial charge is 0.744 e. The number of nitriles is 1. The number of aryl methyl sites for hydroxylation is 2. The molecule has 3 rings (SSSR count). The minimum Gasteiger partial charge on any atom is -0.744 e. The van der Waals surface area contributed by atoms with Crippen LogP contribution < -0.4 is 4.57 Å². The molecule has 2 aromatic carbocycles. The normalized spacial score (nSPS) is 10.9. The Morgan fingerprint density at radius 3 is 1.87 bits per heavy atom. The summed E-state index contributed by atoms with van der Waals surface area (Å²) in [6.07, 6.45) is 17.9. The zero-order valence-electron chi connectivity index (χ0n) is 22.9. The van der Waals surface area contributed by atoms with E-state index in [1.165, 1.54) is 81.0 Å². The summed E-state index contributed by atoms with van der Waals surface area (Å²) >= 11 is 0. The monoisotopic (exact) mass is 534 g/mol. The lowest BCUT2D eigenvalue weighted by Gasteiger charge is -2.08. The molecule has 5 nitrogen and oxygen atoms in total. The highest BCUT2D eigenvalue weighted by Crippen LogP contribution is 2.14. The standard InChI is InChI=1S/C18H30O3S.C14H13N2/c1-2-3-4-5-6-7-8-9-10-11-12-17-13-15-18(16-14-17)22(19,20)21;1-12-4-2-3-5-14(12)11-16-8-6-13(10-15)7-9-16/h13-16H,2-12H2,1H3,(H,19,20,21);2-9H,11H2,1H3/q;+1/p-1. The van der Waals surface area contributed by atoms with Gasteiger partial charge in [-0.05, 0) is 43.0 Å². The molecule has 0 radical (unpaired) electrons. The summed E-state index contributed by atoms with van der Waals surface area (Å²) in [6.45, 7) is 5.20. The smallest absolute Gasteiger partial charge is 0.174 e. The number of hydrogen-bond acceptors (Lipinski definition) is 4. The van der Waals surface area contributed by atoms with E-state index in [0.29, 0.717) is 5.56 Å². The van der Waals surface area contributed by atoms with Gasteiger partial charge in [-0.15, -0.1) is 0 Å². The van der Waals surface area contributed by atoms with E-state index in [9.17, 15) is 13.0 Å². The molecule has 0 amide bonds. The number of aromatic nitrogens is 1. The molecule has 0 N–H and O–H groups in total. The molecule has 0 saturated heterocycles. The Morgan fingerprint density at radius 1 is 0.789 bits per heavy atom. The van der Waals surface area contributed by atoms with Crippen molar-refractivity contribution in [2.75, 3.05) is 0 Å². The second-order valence-electron chi connectivity index (χ2n) is 9.83. The van der Waals surface area contributed by atoms with Gasteiger partial charge >= 0.3 is 0 Å². The lowest BCUT2D eigenvalue weighted by molar-refractivity contribution is -0.688. The SMILES string of the molecule is CCCCCCCCCCCCc1ccc(S(=O)(=O)[O-])cc1.Cc1ccccc1C[n+]1ccc(C#N)cc1. The Hall–Kier alpha value is -3.01. The van der Waals surface area contributed by atoms with Gasteiger partial charge in [-0.25, -0.2) is 13.0 Å². The molecule has 6 heteroatoms. The summed E-state index contributed by atoms with van der Waals surface area (Å²) in [5, 5.41) is 8.70.